The first-order chi connectivity index (χ1) is 9.38. The second-order valence-corrected chi connectivity index (χ2v) is 7.76. The predicted molar refractivity (Wildman–Crippen MR) is 77.5 cm³/mol. The second kappa shape index (κ2) is 5.79. The highest BCUT2D eigenvalue weighted by Crippen LogP contribution is 2.29. The van der Waals surface area contributed by atoms with E-state index in [0.29, 0.717) is 18.5 Å². The van der Waals surface area contributed by atoms with Crippen molar-refractivity contribution in [1.82, 2.24) is 4.90 Å². The Morgan fingerprint density at radius 3 is 2.70 bits per heavy atom. The normalized spacial score (nSPS) is 25.8. The Morgan fingerprint density at radius 2 is 2.10 bits per heavy atom. The largest absolute Gasteiger partial charge is 0.329 e. The number of halogens is 1. The van der Waals surface area contributed by atoms with Crippen molar-refractivity contribution in [3.63, 3.8) is 0 Å². The van der Waals surface area contributed by atoms with Crippen molar-refractivity contribution in [2.45, 2.75) is 24.9 Å². The van der Waals surface area contributed by atoms with Crippen molar-refractivity contribution in [2.75, 3.05) is 25.1 Å². The van der Waals surface area contributed by atoms with E-state index in [-0.39, 0.29) is 23.9 Å². The van der Waals surface area contributed by atoms with E-state index in [0.717, 1.165) is 6.42 Å². The minimum absolute atomic E-state index is 0.0570. The van der Waals surface area contributed by atoms with Crippen molar-refractivity contribution in [3.05, 3.63) is 35.6 Å². The zero-order chi connectivity index (χ0) is 14.8. The van der Waals surface area contributed by atoms with E-state index in [1.165, 1.54) is 6.07 Å². The molecule has 1 aliphatic heterocycles. The molecule has 20 heavy (non-hydrogen) atoms. The van der Waals surface area contributed by atoms with Crippen LogP contribution in [0.1, 0.15) is 18.4 Å². The van der Waals surface area contributed by atoms with Gasteiger partial charge in [-0.3, -0.25) is 4.90 Å². The van der Waals surface area contributed by atoms with Crippen molar-refractivity contribution in [1.29, 1.82) is 0 Å². The highest BCUT2D eigenvalue weighted by Gasteiger charge is 2.41. The van der Waals surface area contributed by atoms with Crippen molar-refractivity contribution in [3.8, 4) is 0 Å². The molecule has 1 unspecified atom stereocenters. The molecule has 0 bridgehead atoms. The Kier molecular flexibility index (Phi) is 4.46. The molecule has 112 valence electrons. The molecule has 1 aromatic rings. The van der Waals surface area contributed by atoms with Gasteiger partial charge in [0.25, 0.3) is 0 Å². The molecular weight excluding hydrogens is 279 g/mol. The van der Waals surface area contributed by atoms with Gasteiger partial charge < -0.3 is 5.73 Å². The van der Waals surface area contributed by atoms with Gasteiger partial charge in [-0.25, -0.2) is 12.8 Å². The SMILES string of the molecule is CN(Cc1ccccc1F)C1(CN)CCCS(=O)(=O)C1. The number of sulfone groups is 1. The summed E-state index contributed by atoms with van der Waals surface area (Å²) >= 11 is 0. The molecule has 1 atom stereocenters. The molecule has 2 rings (SSSR count). The van der Waals surface area contributed by atoms with Gasteiger partial charge in [-0.2, -0.15) is 0 Å². The lowest BCUT2D eigenvalue weighted by molar-refractivity contribution is 0.122. The molecule has 0 amide bonds. The van der Waals surface area contributed by atoms with Gasteiger partial charge in [-0.1, -0.05) is 18.2 Å². The fourth-order valence-corrected chi connectivity index (χ4v) is 4.87. The minimum atomic E-state index is -3.07. The summed E-state index contributed by atoms with van der Waals surface area (Å²) in [7, 11) is -1.25. The van der Waals surface area contributed by atoms with Crippen LogP contribution in [-0.4, -0.2) is 44.0 Å². The Bertz CT molecular complexity index is 576. The predicted octanol–water partition coefficient (Wildman–Crippen LogP) is 1.16. The highest BCUT2D eigenvalue weighted by atomic mass is 32.2. The van der Waals surface area contributed by atoms with E-state index in [9.17, 15) is 12.8 Å². The van der Waals surface area contributed by atoms with Gasteiger partial charge in [-0.15, -0.1) is 0 Å². The summed E-state index contributed by atoms with van der Waals surface area (Å²) in [5, 5.41) is 0. The smallest absolute Gasteiger partial charge is 0.152 e. The molecule has 0 aliphatic carbocycles. The first-order valence-electron chi connectivity index (χ1n) is 6.74. The molecular formula is C14H21FN2O2S. The van der Waals surface area contributed by atoms with Crippen LogP contribution in [0.25, 0.3) is 0 Å². The Morgan fingerprint density at radius 1 is 1.40 bits per heavy atom. The molecule has 1 aliphatic rings. The fraction of sp³-hybridized carbons (Fsp3) is 0.571. The third kappa shape index (κ3) is 3.19. The van der Waals surface area contributed by atoms with E-state index in [1.807, 2.05) is 11.9 Å². The molecule has 1 heterocycles. The average Bonchev–Trinajstić information content (AvgIpc) is 2.40. The standard InChI is InChI=1S/C14H21FN2O2S/c1-17(9-12-5-2-3-6-13(12)15)14(10-16)7-4-8-20(18,19)11-14/h2-3,5-6H,4,7-11,16H2,1H3. The van der Waals surface area contributed by atoms with Gasteiger partial charge in [0, 0.05) is 24.2 Å². The summed E-state index contributed by atoms with van der Waals surface area (Å²) in [6.07, 6.45) is 1.34. The lowest BCUT2D eigenvalue weighted by atomic mass is 9.93. The monoisotopic (exact) mass is 300 g/mol. The fourth-order valence-electron chi connectivity index (χ4n) is 2.84. The number of rotatable bonds is 4. The molecule has 1 fully saturated rings. The molecule has 4 nitrogen and oxygen atoms in total. The van der Waals surface area contributed by atoms with Gasteiger partial charge in [-0.05, 0) is 26.0 Å². The third-order valence-electron chi connectivity index (χ3n) is 4.14. The topological polar surface area (TPSA) is 63.4 Å². The summed E-state index contributed by atoms with van der Waals surface area (Å²) in [4.78, 5) is 1.89. The van der Waals surface area contributed by atoms with Crippen LogP contribution in [0.3, 0.4) is 0 Å². The minimum Gasteiger partial charge on any atom is -0.329 e. The molecule has 1 saturated heterocycles. The molecule has 0 aromatic heterocycles. The molecule has 2 N–H and O–H groups in total. The molecule has 0 spiro atoms. The van der Waals surface area contributed by atoms with Crippen LogP contribution < -0.4 is 5.73 Å². The van der Waals surface area contributed by atoms with E-state index >= 15 is 0 Å². The first kappa shape index (κ1) is 15.4. The molecule has 0 radical (unpaired) electrons. The number of nitrogens with two attached hydrogens (primary N) is 1. The zero-order valence-corrected chi connectivity index (χ0v) is 12.5. The summed E-state index contributed by atoms with van der Waals surface area (Å²) in [6.45, 7) is 0.622. The summed E-state index contributed by atoms with van der Waals surface area (Å²) in [6, 6.07) is 6.55. The van der Waals surface area contributed by atoms with E-state index < -0.39 is 15.4 Å². The summed E-state index contributed by atoms with van der Waals surface area (Å²) < 4.78 is 37.5. The number of benzene rings is 1. The van der Waals surface area contributed by atoms with Crippen LogP contribution in [0.5, 0.6) is 0 Å². The quantitative estimate of drug-likeness (QED) is 0.906. The average molecular weight is 300 g/mol. The lowest BCUT2D eigenvalue weighted by Gasteiger charge is -2.43. The molecule has 6 heteroatoms. The summed E-state index contributed by atoms with van der Waals surface area (Å²) in [5.74, 6) is 0.00851. The summed E-state index contributed by atoms with van der Waals surface area (Å²) in [5.41, 5.74) is 5.83. The molecule has 0 saturated carbocycles. The van der Waals surface area contributed by atoms with Crippen LogP contribution in [0.2, 0.25) is 0 Å². The highest BCUT2D eigenvalue weighted by molar-refractivity contribution is 7.91. The maximum atomic E-state index is 13.7. The van der Waals surface area contributed by atoms with Crippen molar-refractivity contribution in [2.24, 2.45) is 5.73 Å². The first-order valence-corrected chi connectivity index (χ1v) is 8.56. The second-order valence-electron chi connectivity index (χ2n) is 5.57. The van der Waals surface area contributed by atoms with Crippen LogP contribution in [0.4, 0.5) is 4.39 Å². The number of likely N-dealkylation sites (N-methyl/N-ethyl adjacent to an activating group) is 1. The van der Waals surface area contributed by atoms with Gasteiger partial charge in [0.15, 0.2) is 9.84 Å². The van der Waals surface area contributed by atoms with Gasteiger partial charge >= 0.3 is 0 Å². The third-order valence-corrected chi connectivity index (χ3v) is 6.03. The number of hydrogen-bond donors (Lipinski definition) is 1. The number of hydrogen-bond acceptors (Lipinski definition) is 4. The Labute approximate surface area is 119 Å². The molecule has 1 aromatic carbocycles. The van der Waals surface area contributed by atoms with Crippen molar-refractivity contribution >= 4 is 9.84 Å². The van der Waals surface area contributed by atoms with Crippen molar-refractivity contribution < 1.29 is 12.8 Å². The Hall–Kier alpha value is -0.980. The lowest BCUT2D eigenvalue weighted by Crippen LogP contribution is -2.58. The van der Waals surface area contributed by atoms with Crippen LogP contribution in [0.15, 0.2) is 24.3 Å². The van der Waals surface area contributed by atoms with Gasteiger partial charge in [0.05, 0.1) is 11.5 Å². The number of nitrogens with zero attached hydrogens (tertiary/aromatic N) is 1. The van der Waals surface area contributed by atoms with E-state index in [2.05, 4.69) is 0 Å². The van der Waals surface area contributed by atoms with Crippen LogP contribution in [-0.2, 0) is 16.4 Å². The maximum Gasteiger partial charge on any atom is 0.152 e. The van der Waals surface area contributed by atoms with Crippen LogP contribution in [0, 0.1) is 5.82 Å². The van der Waals surface area contributed by atoms with Crippen LogP contribution >= 0.6 is 0 Å². The van der Waals surface area contributed by atoms with E-state index in [4.69, 9.17) is 5.73 Å². The van der Waals surface area contributed by atoms with Gasteiger partial charge in [0.1, 0.15) is 5.82 Å². The zero-order valence-electron chi connectivity index (χ0n) is 11.7. The van der Waals surface area contributed by atoms with E-state index in [1.54, 1.807) is 18.2 Å². The maximum absolute atomic E-state index is 13.7. The van der Waals surface area contributed by atoms with Gasteiger partial charge in [0.2, 0.25) is 0 Å². The Balaban J connectivity index is 2.21.